The molecule has 1 saturated carbocycles. The van der Waals surface area contributed by atoms with Gasteiger partial charge in [-0.05, 0) is 63.6 Å². The molecule has 0 radical (unpaired) electrons. The van der Waals surface area contributed by atoms with Crippen molar-refractivity contribution in [1.29, 1.82) is 5.26 Å². The van der Waals surface area contributed by atoms with Gasteiger partial charge in [0.25, 0.3) is 0 Å². The maximum atomic E-state index is 12.9. The monoisotopic (exact) mass is 566 g/mol. The second kappa shape index (κ2) is 12.3. The number of alkyl halides is 3. The lowest BCUT2D eigenvalue weighted by atomic mass is 9.82. The Morgan fingerprint density at radius 1 is 1.15 bits per heavy atom. The first-order chi connectivity index (χ1) is 18.5. The Kier molecular flexibility index (Phi) is 9.21. The summed E-state index contributed by atoms with van der Waals surface area (Å²) in [5.41, 5.74) is -1.86. The number of anilines is 2. The molecule has 2 aliphatic rings. The van der Waals surface area contributed by atoms with Gasteiger partial charge in [-0.1, -0.05) is 17.7 Å². The van der Waals surface area contributed by atoms with Crippen LogP contribution in [0.3, 0.4) is 0 Å². The van der Waals surface area contributed by atoms with Gasteiger partial charge in [-0.2, -0.15) is 18.4 Å². The van der Waals surface area contributed by atoms with Crippen molar-refractivity contribution in [3.05, 3.63) is 35.5 Å². The van der Waals surface area contributed by atoms with Gasteiger partial charge in [-0.25, -0.2) is 9.97 Å². The molecule has 0 amide bonds. The Balaban J connectivity index is 1.34. The smallest absolute Gasteiger partial charge is 0.381 e. The van der Waals surface area contributed by atoms with E-state index in [4.69, 9.17) is 21.3 Å². The Morgan fingerprint density at radius 2 is 1.85 bits per heavy atom. The molecule has 8 nitrogen and oxygen atoms in total. The third kappa shape index (κ3) is 7.51. The van der Waals surface area contributed by atoms with E-state index < -0.39 is 23.7 Å². The second-order valence-corrected chi connectivity index (χ2v) is 11.1. The van der Waals surface area contributed by atoms with Crippen LogP contribution in [0.1, 0.15) is 45.4 Å². The van der Waals surface area contributed by atoms with E-state index in [9.17, 15) is 23.5 Å². The number of rotatable bonds is 9. The van der Waals surface area contributed by atoms with Crippen LogP contribution in [0.25, 0.3) is 11.3 Å². The van der Waals surface area contributed by atoms with E-state index in [1.165, 1.54) is 0 Å². The molecule has 3 heterocycles. The van der Waals surface area contributed by atoms with Crippen LogP contribution in [-0.4, -0.2) is 65.2 Å². The van der Waals surface area contributed by atoms with Crippen LogP contribution in [0.5, 0.6) is 0 Å². The van der Waals surface area contributed by atoms with Crippen molar-refractivity contribution in [2.45, 2.75) is 69.3 Å². The first kappa shape index (κ1) is 29.3. The van der Waals surface area contributed by atoms with Crippen molar-refractivity contribution in [1.82, 2.24) is 15.3 Å². The molecule has 12 heteroatoms. The van der Waals surface area contributed by atoms with Crippen molar-refractivity contribution in [3.8, 4) is 17.3 Å². The number of nitrogens with zero attached hydrogens (tertiary/aromatic N) is 3. The summed E-state index contributed by atoms with van der Waals surface area (Å²) in [6, 6.07) is 9.89. The fourth-order valence-corrected chi connectivity index (χ4v) is 5.04. The minimum Gasteiger partial charge on any atom is -0.381 e. The first-order valence-corrected chi connectivity index (χ1v) is 13.5. The molecule has 212 valence electrons. The second-order valence-electron chi connectivity index (χ2n) is 10.7. The molecule has 0 spiro atoms. The Hall–Kier alpha value is -2.65. The first-order valence-electron chi connectivity index (χ1n) is 13.2. The van der Waals surface area contributed by atoms with Gasteiger partial charge in [0.15, 0.2) is 5.60 Å². The molecule has 1 aliphatic carbocycles. The highest BCUT2D eigenvalue weighted by atomic mass is 35.5. The Morgan fingerprint density at radius 3 is 2.51 bits per heavy atom. The molecule has 39 heavy (non-hydrogen) atoms. The van der Waals surface area contributed by atoms with Crippen LogP contribution in [0.4, 0.5) is 24.8 Å². The summed E-state index contributed by atoms with van der Waals surface area (Å²) in [5, 5.41) is 29.4. The zero-order chi connectivity index (χ0) is 28.1. The minimum atomic E-state index is -4.68. The third-order valence-corrected chi connectivity index (χ3v) is 7.90. The quantitative estimate of drug-likeness (QED) is 0.329. The molecule has 0 unspecified atom stereocenters. The van der Waals surface area contributed by atoms with Gasteiger partial charge >= 0.3 is 6.18 Å². The van der Waals surface area contributed by atoms with Gasteiger partial charge < -0.3 is 25.8 Å². The van der Waals surface area contributed by atoms with Crippen LogP contribution in [-0.2, 0) is 4.74 Å². The van der Waals surface area contributed by atoms with Crippen molar-refractivity contribution < 1.29 is 23.0 Å². The molecule has 4 rings (SSSR count). The zero-order valence-corrected chi connectivity index (χ0v) is 22.6. The fourth-order valence-electron chi connectivity index (χ4n) is 4.84. The van der Waals surface area contributed by atoms with E-state index in [0.29, 0.717) is 73.4 Å². The summed E-state index contributed by atoms with van der Waals surface area (Å²) in [7, 11) is 0. The SMILES string of the molecule is C[C@](O)(CNC1CCC(Nc2cc(-c3cccc(NCC4(C#N)CCOCC4)n3)c(Cl)cn2)CC1)C(F)(F)F. The molecule has 0 aromatic carbocycles. The number of halogens is 4. The number of aromatic nitrogens is 2. The van der Waals surface area contributed by atoms with Crippen molar-refractivity contribution in [2.75, 3.05) is 36.9 Å². The number of hydrogen-bond acceptors (Lipinski definition) is 8. The lowest BCUT2D eigenvalue weighted by molar-refractivity contribution is -0.250. The number of nitriles is 1. The van der Waals surface area contributed by atoms with Crippen molar-refractivity contribution in [3.63, 3.8) is 0 Å². The fraction of sp³-hybridized carbons (Fsp3) is 0.593. The predicted octanol–water partition coefficient (Wildman–Crippen LogP) is 5.16. The van der Waals surface area contributed by atoms with Gasteiger partial charge in [0.05, 0.1) is 22.2 Å². The van der Waals surface area contributed by atoms with Gasteiger partial charge in [0.1, 0.15) is 11.6 Å². The van der Waals surface area contributed by atoms with Gasteiger partial charge in [0.2, 0.25) is 0 Å². The number of hydrogen-bond donors (Lipinski definition) is 4. The highest BCUT2D eigenvalue weighted by Crippen LogP contribution is 2.33. The van der Waals surface area contributed by atoms with Crippen LogP contribution in [0.15, 0.2) is 30.5 Å². The van der Waals surface area contributed by atoms with E-state index in [1.54, 1.807) is 6.20 Å². The molecule has 0 bridgehead atoms. The normalized spacial score (nSPS) is 22.9. The minimum absolute atomic E-state index is 0.0913. The van der Waals surface area contributed by atoms with Crippen LogP contribution >= 0.6 is 11.6 Å². The maximum Gasteiger partial charge on any atom is 0.418 e. The molecule has 1 saturated heterocycles. The van der Waals surface area contributed by atoms with Crippen LogP contribution in [0.2, 0.25) is 5.02 Å². The van der Waals surface area contributed by atoms with Crippen molar-refractivity contribution >= 4 is 23.2 Å². The topological polar surface area (TPSA) is 115 Å². The summed E-state index contributed by atoms with van der Waals surface area (Å²) < 4.78 is 44.1. The number of ether oxygens (including phenoxy) is 1. The zero-order valence-electron chi connectivity index (χ0n) is 21.8. The predicted molar refractivity (Wildman–Crippen MR) is 143 cm³/mol. The molecule has 2 aromatic rings. The van der Waals surface area contributed by atoms with E-state index in [1.807, 2.05) is 24.3 Å². The summed E-state index contributed by atoms with van der Waals surface area (Å²) >= 11 is 6.48. The molecule has 2 fully saturated rings. The molecule has 1 atom stereocenters. The van der Waals surface area contributed by atoms with Crippen LogP contribution < -0.4 is 16.0 Å². The summed E-state index contributed by atoms with van der Waals surface area (Å²) in [6.45, 7) is 1.87. The van der Waals surface area contributed by atoms with E-state index in [0.717, 1.165) is 19.8 Å². The summed E-state index contributed by atoms with van der Waals surface area (Å²) in [5.74, 6) is 1.28. The standard InChI is InChI=1S/C27H34ClF3N6O2/c1-25(38,27(29,30)31)16-34-18-5-7-19(8-6-18)36-24-13-20(21(28)14-33-24)22-3-2-4-23(37-22)35-17-26(15-32)9-11-39-12-10-26/h2-4,13-14,18-19,34,38H,5-12,16-17H2,1H3,(H,33,36)(H,35,37)/t18?,19?,25-/m0/s1. The largest absolute Gasteiger partial charge is 0.418 e. The number of nitrogens with one attached hydrogen (secondary N) is 3. The highest BCUT2D eigenvalue weighted by Gasteiger charge is 2.49. The summed E-state index contributed by atoms with van der Waals surface area (Å²) in [6.07, 6.45) is 1.09. The maximum absolute atomic E-state index is 12.9. The lowest BCUT2D eigenvalue weighted by Gasteiger charge is -2.33. The van der Waals surface area contributed by atoms with Gasteiger partial charge in [-0.3, -0.25) is 0 Å². The molecule has 4 N–H and O–H groups in total. The molecule has 1 aliphatic heterocycles. The van der Waals surface area contributed by atoms with Gasteiger partial charge in [0, 0.05) is 50.1 Å². The average molecular weight is 567 g/mol. The Bertz CT molecular complexity index is 1160. The Labute approximate surface area is 231 Å². The summed E-state index contributed by atoms with van der Waals surface area (Å²) in [4.78, 5) is 9.11. The number of aliphatic hydroxyl groups is 1. The molecular weight excluding hydrogens is 533 g/mol. The van der Waals surface area contributed by atoms with Crippen molar-refractivity contribution in [2.24, 2.45) is 5.41 Å². The van der Waals surface area contributed by atoms with E-state index in [2.05, 4.69) is 27.0 Å². The van der Waals surface area contributed by atoms with Crippen LogP contribution in [0, 0.1) is 16.7 Å². The lowest BCUT2D eigenvalue weighted by Crippen LogP contribution is -2.52. The third-order valence-electron chi connectivity index (χ3n) is 7.60. The van der Waals surface area contributed by atoms with E-state index >= 15 is 0 Å². The molecular formula is C27H34ClF3N6O2. The molecule has 2 aromatic heterocycles. The number of pyridine rings is 2. The van der Waals surface area contributed by atoms with E-state index in [-0.39, 0.29) is 12.1 Å². The highest BCUT2D eigenvalue weighted by molar-refractivity contribution is 6.33. The van der Waals surface area contributed by atoms with Gasteiger partial charge in [-0.15, -0.1) is 0 Å². The average Bonchev–Trinajstić information content (AvgIpc) is 2.93.